The molecule has 5 nitrogen and oxygen atoms in total. The Kier molecular flexibility index (Phi) is 4.36. The van der Waals surface area contributed by atoms with Crippen LogP contribution in [0.2, 0.25) is 0 Å². The first-order valence-electron chi connectivity index (χ1n) is 6.62. The number of anilines is 1. The molecule has 1 aliphatic carbocycles. The van der Waals surface area contributed by atoms with Gasteiger partial charge in [-0.2, -0.15) is 0 Å². The van der Waals surface area contributed by atoms with Crippen molar-refractivity contribution in [3.8, 4) is 0 Å². The molecule has 0 spiro atoms. The van der Waals surface area contributed by atoms with E-state index in [0.717, 1.165) is 12.3 Å². The summed E-state index contributed by atoms with van der Waals surface area (Å²) in [6.45, 7) is 2.50. The molecule has 1 saturated carbocycles. The lowest BCUT2D eigenvalue weighted by atomic mass is 9.83. The van der Waals surface area contributed by atoms with Crippen molar-refractivity contribution in [3.05, 3.63) is 5.89 Å². The summed E-state index contributed by atoms with van der Waals surface area (Å²) in [5.41, 5.74) is 5.45. The van der Waals surface area contributed by atoms with Crippen LogP contribution in [0.4, 0.5) is 6.01 Å². The standard InChI is InChI=1S/C12H22N4O/c1-2-10(9-6-4-3-5-7-9)14-12-16-15-11(8-13)17-12/h9-10H,2-8,13H2,1H3,(H,14,16). The van der Waals surface area contributed by atoms with Crippen LogP contribution in [-0.4, -0.2) is 16.2 Å². The molecule has 0 saturated heterocycles. The van der Waals surface area contributed by atoms with Crippen LogP contribution in [0, 0.1) is 5.92 Å². The van der Waals surface area contributed by atoms with Gasteiger partial charge in [-0.25, -0.2) is 0 Å². The van der Waals surface area contributed by atoms with Gasteiger partial charge >= 0.3 is 6.01 Å². The van der Waals surface area contributed by atoms with E-state index in [1.165, 1.54) is 32.1 Å². The number of nitrogens with two attached hydrogens (primary N) is 1. The van der Waals surface area contributed by atoms with E-state index in [-0.39, 0.29) is 0 Å². The smallest absolute Gasteiger partial charge is 0.315 e. The fourth-order valence-electron chi connectivity index (χ4n) is 2.64. The van der Waals surface area contributed by atoms with Crippen molar-refractivity contribution in [3.63, 3.8) is 0 Å². The summed E-state index contributed by atoms with van der Waals surface area (Å²) < 4.78 is 5.40. The fraction of sp³-hybridized carbons (Fsp3) is 0.833. The van der Waals surface area contributed by atoms with E-state index in [0.29, 0.717) is 24.5 Å². The van der Waals surface area contributed by atoms with Gasteiger partial charge < -0.3 is 15.5 Å². The maximum atomic E-state index is 5.45. The van der Waals surface area contributed by atoms with Crippen LogP contribution < -0.4 is 11.1 Å². The summed E-state index contributed by atoms with van der Waals surface area (Å²) in [5, 5.41) is 11.2. The molecule has 1 aromatic heterocycles. The molecule has 0 radical (unpaired) electrons. The van der Waals surface area contributed by atoms with Gasteiger partial charge in [-0.15, -0.1) is 5.10 Å². The first-order valence-corrected chi connectivity index (χ1v) is 6.62. The van der Waals surface area contributed by atoms with Crippen LogP contribution in [0.25, 0.3) is 0 Å². The lowest BCUT2D eigenvalue weighted by Crippen LogP contribution is -2.30. The largest absolute Gasteiger partial charge is 0.407 e. The maximum Gasteiger partial charge on any atom is 0.315 e. The Labute approximate surface area is 102 Å². The minimum Gasteiger partial charge on any atom is -0.407 e. The summed E-state index contributed by atoms with van der Waals surface area (Å²) >= 11 is 0. The minimum atomic E-state index is 0.300. The molecule has 17 heavy (non-hydrogen) atoms. The number of hydrogen-bond donors (Lipinski definition) is 2. The second-order valence-corrected chi connectivity index (χ2v) is 4.76. The van der Waals surface area contributed by atoms with Gasteiger partial charge in [0.25, 0.3) is 0 Å². The number of rotatable bonds is 5. The van der Waals surface area contributed by atoms with Gasteiger partial charge in [-0.1, -0.05) is 31.3 Å². The van der Waals surface area contributed by atoms with Gasteiger partial charge in [0.1, 0.15) is 0 Å². The summed E-state index contributed by atoms with van der Waals surface area (Å²) in [6, 6.07) is 0.962. The van der Waals surface area contributed by atoms with E-state index in [1.807, 2.05) is 0 Å². The predicted molar refractivity (Wildman–Crippen MR) is 66.5 cm³/mol. The molecule has 96 valence electrons. The van der Waals surface area contributed by atoms with E-state index in [9.17, 15) is 0 Å². The average Bonchev–Trinajstić information content (AvgIpc) is 2.84. The third-order valence-corrected chi connectivity index (χ3v) is 3.61. The monoisotopic (exact) mass is 238 g/mol. The molecule has 1 atom stereocenters. The number of hydrogen-bond acceptors (Lipinski definition) is 5. The van der Waals surface area contributed by atoms with Crippen molar-refractivity contribution in [2.45, 2.75) is 58.0 Å². The van der Waals surface area contributed by atoms with Crippen LogP contribution >= 0.6 is 0 Å². The Morgan fingerprint density at radius 2 is 2.12 bits per heavy atom. The van der Waals surface area contributed by atoms with Crippen LogP contribution in [-0.2, 0) is 6.54 Å². The highest BCUT2D eigenvalue weighted by molar-refractivity contribution is 5.20. The average molecular weight is 238 g/mol. The topological polar surface area (TPSA) is 77.0 Å². The third-order valence-electron chi connectivity index (χ3n) is 3.61. The molecular formula is C12H22N4O. The zero-order chi connectivity index (χ0) is 12.1. The molecule has 1 fully saturated rings. The zero-order valence-corrected chi connectivity index (χ0v) is 10.5. The van der Waals surface area contributed by atoms with E-state index >= 15 is 0 Å². The Morgan fingerprint density at radius 1 is 1.35 bits per heavy atom. The molecule has 2 rings (SSSR count). The molecule has 1 unspecified atom stereocenters. The van der Waals surface area contributed by atoms with Crippen LogP contribution in [0.1, 0.15) is 51.3 Å². The molecule has 0 aromatic carbocycles. The molecule has 0 amide bonds. The minimum absolute atomic E-state index is 0.300. The van der Waals surface area contributed by atoms with Gasteiger partial charge in [0.2, 0.25) is 5.89 Å². The van der Waals surface area contributed by atoms with E-state index in [1.54, 1.807) is 0 Å². The highest BCUT2D eigenvalue weighted by Crippen LogP contribution is 2.29. The maximum absolute atomic E-state index is 5.45. The van der Waals surface area contributed by atoms with E-state index < -0.39 is 0 Å². The van der Waals surface area contributed by atoms with Gasteiger partial charge in [0, 0.05) is 6.04 Å². The SMILES string of the molecule is CCC(Nc1nnc(CN)o1)C1CCCCC1. The molecule has 1 aromatic rings. The zero-order valence-electron chi connectivity index (χ0n) is 10.5. The summed E-state index contributed by atoms with van der Waals surface area (Å²) in [4.78, 5) is 0. The first kappa shape index (κ1) is 12.4. The number of nitrogens with zero attached hydrogens (tertiary/aromatic N) is 2. The summed E-state index contributed by atoms with van der Waals surface area (Å²) in [5.74, 6) is 1.23. The number of aromatic nitrogens is 2. The summed E-state index contributed by atoms with van der Waals surface area (Å²) in [6.07, 6.45) is 7.78. The van der Waals surface area contributed by atoms with Gasteiger partial charge in [-0.3, -0.25) is 0 Å². The Morgan fingerprint density at radius 3 is 2.71 bits per heavy atom. The number of nitrogens with one attached hydrogen (secondary N) is 1. The van der Waals surface area contributed by atoms with Crippen molar-refractivity contribution in [1.82, 2.24) is 10.2 Å². The van der Waals surface area contributed by atoms with Gasteiger partial charge in [-0.05, 0) is 25.2 Å². The third kappa shape index (κ3) is 3.19. The molecular weight excluding hydrogens is 216 g/mol. The highest BCUT2D eigenvalue weighted by Gasteiger charge is 2.23. The van der Waals surface area contributed by atoms with Crippen molar-refractivity contribution in [1.29, 1.82) is 0 Å². The molecule has 5 heteroatoms. The van der Waals surface area contributed by atoms with Crippen molar-refractivity contribution < 1.29 is 4.42 Å². The van der Waals surface area contributed by atoms with Crippen molar-refractivity contribution in [2.24, 2.45) is 11.7 Å². The second kappa shape index (κ2) is 6.00. The van der Waals surface area contributed by atoms with Crippen LogP contribution in [0.3, 0.4) is 0 Å². The second-order valence-electron chi connectivity index (χ2n) is 4.76. The fourth-order valence-corrected chi connectivity index (χ4v) is 2.64. The Bertz CT molecular complexity index is 333. The quantitative estimate of drug-likeness (QED) is 0.823. The molecule has 0 bridgehead atoms. The Hall–Kier alpha value is -1.10. The van der Waals surface area contributed by atoms with E-state index in [4.69, 9.17) is 10.2 Å². The van der Waals surface area contributed by atoms with Crippen LogP contribution in [0.5, 0.6) is 0 Å². The lowest BCUT2D eigenvalue weighted by Gasteiger charge is -2.29. The van der Waals surface area contributed by atoms with Crippen LogP contribution in [0.15, 0.2) is 4.42 Å². The predicted octanol–water partition coefficient (Wildman–Crippen LogP) is 2.30. The highest BCUT2D eigenvalue weighted by atomic mass is 16.4. The molecule has 1 aliphatic rings. The van der Waals surface area contributed by atoms with Gasteiger partial charge in [0.15, 0.2) is 0 Å². The normalized spacial score (nSPS) is 19.2. The lowest BCUT2D eigenvalue weighted by molar-refractivity contribution is 0.308. The first-order chi connectivity index (χ1) is 8.33. The van der Waals surface area contributed by atoms with E-state index in [2.05, 4.69) is 22.4 Å². The van der Waals surface area contributed by atoms with Crippen molar-refractivity contribution in [2.75, 3.05) is 5.32 Å². The molecule has 1 heterocycles. The van der Waals surface area contributed by atoms with Crippen molar-refractivity contribution >= 4 is 6.01 Å². The van der Waals surface area contributed by atoms with Gasteiger partial charge in [0.05, 0.1) is 6.54 Å². The molecule has 3 N–H and O–H groups in total. The summed E-state index contributed by atoms with van der Waals surface area (Å²) in [7, 11) is 0. The molecule has 0 aliphatic heterocycles. The Balaban J connectivity index is 1.93.